The number of methoxy groups -OCH3 is 2. The van der Waals surface area contributed by atoms with Crippen LogP contribution in [-0.2, 0) is 0 Å². The van der Waals surface area contributed by atoms with Crippen molar-refractivity contribution in [3.05, 3.63) is 41.2 Å². The zero-order valence-electron chi connectivity index (χ0n) is 12.5. The molecule has 0 unspecified atom stereocenters. The molecule has 4 rings (SSSR count). The van der Waals surface area contributed by atoms with E-state index in [9.17, 15) is 0 Å². The summed E-state index contributed by atoms with van der Waals surface area (Å²) in [6.45, 7) is 0. The fraction of sp³-hybridized carbons (Fsp3) is 0.125. The normalized spacial score (nSPS) is 12.2. The number of nitrogens with one attached hydrogen (secondary N) is 1. The molecule has 0 aliphatic heterocycles. The zero-order valence-corrected chi connectivity index (χ0v) is 14.1. The average molecular weight is 343 g/mol. The van der Waals surface area contributed by atoms with Crippen LogP contribution in [0.5, 0.6) is 11.5 Å². The Morgan fingerprint density at radius 3 is 2.48 bits per heavy atom. The Bertz CT molecular complexity index is 1060. The molecule has 2 aromatic carbocycles. The summed E-state index contributed by atoms with van der Waals surface area (Å²) in [5.41, 5.74) is 1.97. The second kappa shape index (κ2) is 5.68. The van der Waals surface area contributed by atoms with Crippen molar-refractivity contribution in [2.24, 2.45) is 4.99 Å². The van der Waals surface area contributed by atoms with Crippen LogP contribution in [0.1, 0.15) is 0 Å². The lowest BCUT2D eigenvalue weighted by Crippen LogP contribution is -1.94. The summed E-state index contributed by atoms with van der Waals surface area (Å²) >= 11 is 3.12. The highest BCUT2D eigenvalue weighted by molar-refractivity contribution is 7.22. The third kappa shape index (κ3) is 2.69. The van der Waals surface area contributed by atoms with Gasteiger partial charge in [-0.3, -0.25) is 0 Å². The van der Waals surface area contributed by atoms with Gasteiger partial charge in [-0.2, -0.15) is 4.99 Å². The molecular formula is C16H13N3O2S2. The molecule has 1 N–H and O–H groups in total. The average Bonchev–Trinajstić information content (AvgIpc) is 3.15. The van der Waals surface area contributed by atoms with E-state index in [1.165, 1.54) is 0 Å². The minimum absolute atomic E-state index is 0.725. The van der Waals surface area contributed by atoms with Crippen molar-refractivity contribution in [1.29, 1.82) is 0 Å². The van der Waals surface area contributed by atoms with Gasteiger partial charge in [0, 0.05) is 0 Å². The van der Waals surface area contributed by atoms with Crippen LogP contribution in [0.15, 0.2) is 41.4 Å². The first-order valence-corrected chi connectivity index (χ1v) is 8.54. The fourth-order valence-electron chi connectivity index (χ4n) is 2.27. The summed E-state index contributed by atoms with van der Waals surface area (Å²) < 4.78 is 12.7. The van der Waals surface area contributed by atoms with Crippen molar-refractivity contribution in [3.8, 4) is 11.5 Å². The maximum atomic E-state index is 5.25. The number of H-pyrrole nitrogens is 1. The molecule has 116 valence electrons. The van der Waals surface area contributed by atoms with Gasteiger partial charge in [0.2, 0.25) is 5.13 Å². The predicted octanol–water partition coefficient (Wildman–Crippen LogP) is 4.09. The summed E-state index contributed by atoms with van der Waals surface area (Å²) in [6, 6.07) is 11.8. The first-order chi connectivity index (χ1) is 11.2. The van der Waals surface area contributed by atoms with Gasteiger partial charge in [0.1, 0.15) is 11.5 Å². The van der Waals surface area contributed by atoms with E-state index < -0.39 is 0 Å². The first-order valence-electron chi connectivity index (χ1n) is 6.91. The Balaban J connectivity index is 1.79. The lowest BCUT2D eigenvalue weighted by Gasteiger charge is -1.96. The number of nitrogens with zero attached hydrogens (tertiary/aromatic N) is 2. The minimum Gasteiger partial charge on any atom is -0.497 e. The van der Waals surface area contributed by atoms with E-state index in [2.05, 4.69) is 15.0 Å². The van der Waals surface area contributed by atoms with Crippen LogP contribution in [0.3, 0.4) is 0 Å². The van der Waals surface area contributed by atoms with E-state index in [1.54, 1.807) is 36.9 Å². The van der Waals surface area contributed by atoms with Crippen LogP contribution in [-0.4, -0.2) is 24.2 Å². The second-order valence-corrected chi connectivity index (χ2v) is 6.88. The van der Waals surface area contributed by atoms with Crippen molar-refractivity contribution in [2.75, 3.05) is 14.2 Å². The third-order valence-electron chi connectivity index (χ3n) is 3.42. The molecule has 4 aromatic rings. The van der Waals surface area contributed by atoms with Crippen molar-refractivity contribution in [3.63, 3.8) is 0 Å². The molecule has 23 heavy (non-hydrogen) atoms. The topological polar surface area (TPSA) is 59.5 Å². The standard InChI is InChI=1S/C16H13N3O2S2/c1-20-9-3-5-11-13(7-9)22-15(17-11)19-16-18-12-6-4-10(21-2)8-14(12)23-16/h3-8H,1-2H3,(H,17,18,19). The molecule has 2 heterocycles. The smallest absolute Gasteiger partial charge is 0.212 e. The molecule has 0 bridgehead atoms. The van der Waals surface area contributed by atoms with Gasteiger partial charge in [0.05, 0.1) is 34.7 Å². The number of aromatic amines is 1. The SMILES string of the molecule is COc1ccc2nc(N=c3[nH]c4ccc(OC)cc4s3)sc2c1. The van der Waals surface area contributed by atoms with Gasteiger partial charge in [-0.15, -0.1) is 0 Å². The summed E-state index contributed by atoms with van der Waals surface area (Å²) in [6.07, 6.45) is 0. The van der Waals surface area contributed by atoms with Crippen LogP contribution < -0.4 is 14.3 Å². The molecule has 5 nitrogen and oxygen atoms in total. The molecule has 0 aliphatic rings. The molecule has 0 spiro atoms. The van der Waals surface area contributed by atoms with E-state index in [-0.39, 0.29) is 0 Å². The number of benzene rings is 2. The van der Waals surface area contributed by atoms with Crippen molar-refractivity contribution in [2.45, 2.75) is 0 Å². The molecule has 0 fully saturated rings. The largest absolute Gasteiger partial charge is 0.497 e. The van der Waals surface area contributed by atoms with Crippen LogP contribution in [0, 0.1) is 0 Å². The number of hydrogen-bond acceptors (Lipinski definition) is 6. The van der Waals surface area contributed by atoms with Crippen LogP contribution in [0.25, 0.3) is 20.4 Å². The Morgan fingerprint density at radius 1 is 0.957 bits per heavy atom. The predicted molar refractivity (Wildman–Crippen MR) is 94.1 cm³/mol. The Morgan fingerprint density at radius 2 is 1.70 bits per heavy atom. The molecule has 0 saturated carbocycles. The minimum atomic E-state index is 0.725. The van der Waals surface area contributed by atoms with E-state index in [1.807, 2.05) is 36.4 Å². The molecular weight excluding hydrogens is 330 g/mol. The highest BCUT2D eigenvalue weighted by Gasteiger charge is 2.05. The highest BCUT2D eigenvalue weighted by Crippen LogP contribution is 2.30. The van der Waals surface area contributed by atoms with Crippen LogP contribution >= 0.6 is 22.7 Å². The van der Waals surface area contributed by atoms with Gasteiger partial charge in [0.15, 0.2) is 4.80 Å². The van der Waals surface area contributed by atoms with Gasteiger partial charge < -0.3 is 14.5 Å². The van der Waals surface area contributed by atoms with Crippen molar-refractivity contribution < 1.29 is 9.47 Å². The van der Waals surface area contributed by atoms with Gasteiger partial charge in [-0.25, -0.2) is 4.98 Å². The Kier molecular flexibility index (Phi) is 3.51. The molecule has 7 heteroatoms. The quantitative estimate of drug-likeness (QED) is 0.609. The first kappa shape index (κ1) is 14.2. The summed E-state index contributed by atoms with van der Waals surface area (Å²) in [5, 5.41) is 0.725. The van der Waals surface area contributed by atoms with E-state index in [0.717, 1.165) is 41.9 Å². The Hall–Kier alpha value is -2.38. The number of rotatable bonds is 3. The van der Waals surface area contributed by atoms with Gasteiger partial charge in [0.25, 0.3) is 0 Å². The molecule has 0 amide bonds. The number of thiazole rings is 2. The molecule has 0 saturated heterocycles. The van der Waals surface area contributed by atoms with Crippen LogP contribution in [0.2, 0.25) is 0 Å². The maximum Gasteiger partial charge on any atom is 0.212 e. The van der Waals surface area contributed by atoms with Crippen molar-refractivity contribution >= 4 is 48.2 Å². The van der Waals surface area contributed by atoms with Crippen molar-refractivity contribution in [1.82, 2.24) is 9.97 Å². The van der Waals surface area contributed by atoms with E-state index in [0.29, 0.717) is 0 Å². The maximum absolute atomic E-state index is 5.25. The third-order valence-corrected chi connectivity index (χ3v) is 5.27. The van der Waals surface area contributed by atoms with E-state index in [4.69, 9.17) is 9.47 Å². The van der Waals surface area contributed by atoms with Gasteiger partial charge >= 0.3 is 0 Å². The van der Waals surface area contributed by atoms with E-state index >= 15 is 0 Å². The molecule has 2 aromatic heterocycles. The lowest BCUT2D eigenvalue weighted by atomic mass is 10.3. The van der Waals surface area contributed by atoms with Gasteiger partial charge in [-0.05, 0) is 36.4 Å². The fourth-order valence-corrected chi connectivity index (χ4v) is 4.10. The molecule has 0 atom stereocenters. The van der Waals surface area contributed by atoms with Gasteiger partial charge in [-0.1, -0.05) is 22.7 Å². The zero-order chi connectivity index (χ0) is 15.8. The number of fused-ring (bicyclic) bond motifs is 2. The summed E-state index contributed by atoms with van der Waals surface area (Å²) in [7, 11) is 3.33. The summed E-state index contributed by atoms with van der Waals surface area (Å²) in [4.78, 5) is 13.3. The number of aromatic nitrogens is 2. The number of ether oxygens (including phenoxy) is 2. The van der Waals surface area contributed by atoms with Crippen LogP contribution in [0.4, 0.5) is 5.13 Å². The lowest BCUT2D eigenvalue weighted by molar-refractivity contribution is 0.415. The highest BCUT2D eigenvalue weighted by atomic mass is 32.1. The molecule has 0 aliphatic carbocycles. The molecule has 0 radical (unpaired) electrons. The second-order valence-electron chi connectivity index (χ2n) is 4.84. The Labute approximate surface area is 139 Å². The number of hydrogen-bond donors (Lipinski definition) is 1. The summed E-state index contributed by atoms with van der Waals surface area (Å²) in [5.74, 6) is 1.67. The monoisotopic (exact) mass is 343 g/mol.